The molecule has 1 amide bonds. The summed E-state index contributed by atoms with van der Waals surface area (Å²) in [5.41, 5.74) is 7.21. The van der Waals surface area contributed by atoms with Crippen LogP contribution >= 0.6 is 11.3 Å². The number of nitrogens with one attached hydrogen (secondary N) is 1. The number of benzene rings is 1. The van der Waals surface area contributed by atoms with Crippen LogP contribution < -0.4 is 11.1 Å². The van der Waals surface area contributed by atoms with Crippen LogP contribution in [0.5, 0.6) is 0 Å². The van der Waals surface area contributed by atoms with Gasteiger partial charge in [-0.25, -0.2) is 4.98 Å². The molecule has 0 aliphatic carbocycles. The van der Waals surface area contributed by atoms with Crippen molar-refractivity contribution in [3.05, 3.63) is 18.2 Å². The zero-order valence-corrected chi connectivity index (χ0v) is 11.8. The lowest BCUT2D eigenvalue weighted by Gasteiger charge is -2.02. The first kappa shape index (κ1) is 14.7. The molecule has 0 fully saturated rings. The minimum Gasteiger partial charge on any atom is -0.399 e. The fourth-order valence-corrected chi connectivity index (χ4v) is 2.61. The second-order valence-electron chi connectivity index (χ2n) is 4.23. The van der Waals surface area contributed by atoms with Gasteiger partial charge in [-0.15, -0.1) is 0 Å². The third-order valence-corrected chi connectivity index (χ3v) is 3.52. The number of amides is 1. The van der Waals surface area contributed by atoms with Crippen LogP contribution in [0, 0.1) is 0 Å². The number of aromatic nitrogens is 1. The summed E-state index contributed by atoms with van der Waals surface area (Å²) in [6.07, 6.45) is 0.979. The van der Waals surface area contributed by atoms with Crippen LogP contribution in [0.1, 0.15) is 12.8 Å². The predicted octanol–water partition coefficient (Wildman–Crippen LogP) is 1.61. The number of nitrogens with zero attached hydrogens (tertiary/aromatic N) is 1. The van der Waals surface area contributed by atoms with E-state index in [1.807, 2.05) is 12.1 Å². The van der Waals surface area contributed by atoms with Crippen LogP contribution in [0.25, 0.3) is 10.2 Å². The normalized spacial score (nSPS) is 10.8. The van der Waals surface area contributed by atoms with Crippen molar-refractivity contribution in [1.82, 2.24) is 4.98 Å². The van der Waals surface area contributed by atoms with E-state index < -0.39 is 0 Å². The summed E-state index contributed by atoms with van der Waals surface area (Å²) in [6.45, 7) is 0.770. The van der Waals surface area contributed by atoms with Gasteiger partial charge in [0.25, 0.3) is 0 Å². The van der Waals surface area contributed by atoms with Crippen LogP contribution in [-0.4, -0.2) is 35.8 Å². The number of thiazole rings is 1. The Kier molecular flexibility index (Phi) is 5.28. The fraction of sp³-hybridized carbons (Fsp3) is 0.385. The van der Waals surface area contributed by atoms with Crippen LogP contribution in [0.4, 0.5) is 10.8 Å². The molecule has 6 nitrogen and oxygen atoms in total. The van der Waals surface area contributed by atoms with E-state index in [-0.39, 0.29) is 12.5 Å². The van der Waals surface area contributed by atoms with Crippen molar-refractivity contribution in [3.63, 3.8) is 0 Å². The van der Waals surface area contributed by atoms with Gasteiger partial charge in [0.2, 0.25) is 5.91 Å². The highest BCUT2D eigenvalue weighted by Gasteiger charge is 2.07. The molecular formula is C13H17N3O3S. The van der Waals surface area contributed by atoms with E-state index in [4.69, 9.17) is 15.6 Å². The molecule has 1 aromatic heterocycles. The second kappa shape index (κ2) is 7.18. The van der Waals surface area contributed by atoms with Crippen molar-refractivity contribution < 1.29 is 14.6 Å². The van der Waals surface area contributed by atoms with Crippen LogP contribution in [-0.2, 0) is 9.53 Å². The summed E-state index contributed by atoms with van der Waals surface area (Å²) in [6, 6.07) is 5.46. The van der Waals surface area contributed by atoms with E-state index in [1.165, 1.54) is 11.3 Å². The van der Waals surface area contributed by atoms with E-state index in [1.54, 1.807) is 6.07 Å². The third kappa shape index (κ3) is 4.16. The summed E-state index contributed by atoms with van der Waals surface area (Å²) in [4.78, 5) is 16.0. The fourth-order valence-electron chi connectivity index (χ4n) is 1.68. The van der Waals surface area contributed by atoms with Crippen molar-refractivity contribution in [2.75, 3.05) is 30.9 Å². The van der Waals surface area contributed by atoms with E-state index in [0.717, 1.165) is 10.2 Å². The molecule has 2 rings (SSSR count). The molecule has 0 aliphatic heterocycles. The molecular weight excluding hydrogens is 278 g/mol. The maximum atomic E-state index is 11.7. The molecule has 0 radical (unpaired) electrons. The van der Waals surface area contributed by atoms with E-state index in [9.17, 15) is 4.79 Å². The summed E-state index contributed by atoms with van der Waals surface area (Å²) >= 11 is 1.40. The van der Waals surface area contributed by atoms with Gasteiger partial charge in [0.15, 0.2) is 5.13 Å². The predicted molar refractivity (Wildman–Crippen MR) is 79.8 cm³/mol. The molecule has 1 heterocycles. The lowest BCUT2D eigenvalue weighted by atomic mass is 10.3. The standard InChI is InChI=1S/C13H17N3O3S/c14-9-3-4-10-11(8-9)20-13(15-10)16-12(18)2-1-6-19-7-5-17/h3-4,8,17H,1-2,5-7,14H2,(H,15,16,18). The number of anilines is 2. The average molecular weight is 295 g/mol. The van der Waals surface area contributed by atoms with Gasteiger partial charge >= 0.3 is 0 Å². The molecule has 20 heavy (non-hydrogen) atoms. The molecule has 0 aliphatic rings. The van der Waals surface area contributed by atoms with Gasteiger partial charge in [-0.3, -0.25) is 4.79 Å². The number of hydrogen-bond acceptors (Lipinski definition) is 6. The topological polar surface area (TPSA) is 97.5 Å². The molecule has 4 N–H and O–H groups in total. The Bertz CT molecular complexity index is 585. The highest BCUT2D eigenvalue weighted by atomic mass is 32.1. The number of nitrogens with two attached hydrogens (primary N) is 1. The number of carbonyl (C=O) groups excluding carboxylic acids is 1. The summed E-state index contributed by atoms with van der Waals surface area (Å²) < 4.78 is 6.04. The average Bonchev–Trinajstić information content (AvgIpc) is 2.79. The molecule has 1 aromatic carbocycles. The number of carbonyl (C=O) groups is 1. The Balaban J connectivity index is 1.83. The largest absolute Gasteiger partial charge is 0.399 e. The Hall–Kier alpha value is -1.70. The minimum absolute atomic E-state index is 0.00102. The van der Waals surface area contributed by atoms with Crippen molar-refractivity contribution in [2.24, 2.45) is 0 Å². The van der Waals surface area contributed by atoms with Gasteiger partial charge in [-0.05, 0) is 24.6 Å². The Morgan fingerprint density at radius 3 is 3.10 bits per heavy atom. The first-order chi connectivity index (χ1) is 9.69. The second-order valence-corrected chi connectivity index (χ2v) is 5.26. The highest BCUT2D eigenvalue weighted by molar-refractivity contribution is 7.22. The maximum absolute atomic E-state index is 11.7. The summed E-state index contributed by atoms with van der Waals surface area (Å²) in [7, 11) is 0. The molecule has 0 spiro atoms. The zero-order valence-electron chi connectivity index (χ0n) is 11.0. The van der Waals surface area contributed by atoms with Crippen molar-refractivity contribution in [2.45, 2.75) is 12.8 Å². The molecule has 2 aromatic rings. The number of nitrogen functional groups attached to an aromatic ring is 1. The number of aliphatic hydroxyl groups is 1. The van der Waals surface area contributed by atoms with Crippen molar-refractivity contribution >= 4 is 38.3 Å². The number of fused-ring (bicyclic) bond motifs is 1. The van der Waals surface area contributed by atoms with Crippen molar-refractivity contribution in [3.8, 4) is 0 Å². The van der Waals surface area contributed by atoms with Crippen molar-refractivity contribution in [1.29, 1.82) is 0 Å². The first-order valence-corrected chi connectivity index (χ1v) is 7.15. The Morgan fingerprint density at radius 2 is 2.30 bits per heavy atom. The van der Waals surface area contributed by atoms with Crippen LogP contribution in [0.2, 0.25) is 0 Å². The zero-order chi connectivity index (χ0) is 14.4. The number of ether oxygens (including phenoxy) is 1. The maximum Gasteiger partial charge on any atom is 0.226 e. The number of hydrogen-bond donors (Lipinski definition) is 3. The third-order valence-electron chi connectivity index (χ3n) is 2.59. The van der Waals surface area contributed by atoms with Gasteiger partial charge in [-0.2, -0.15) is 0 Å². The molecule has 0 bridgehead atoms. The number of rotatable bonds is 7. The van der Waals surface area contributed by atoms with Crippen LogP contribution in [0.15, 0.2) is 18.2 Å². The van der Waals surface area contributed by atoms with Crippen LogP contribution in [0.3, 0.4) is 0 Å². The molecule has 0 unspecified atom stereocenters. The molecule has 0 saturated heterocycles. The first-order valence-electron chi connectivity index (χ1n) is 6.33. The number of aliphatic hydroxyl groups excluding tert-OH is 1. The van der Waals surface area contributed by atoms with Gasteiger partial charge < -0.3 is 20.9 Å². The van der Waals surface area contributed by atoms with E-state index >= 15 is 0 Å². The molecule has 0 atom stereocenters. The lowest BCUT2D eigenvalue weighted by Crippen LogP contribution is -2.12. The van der Waals surface area contributed by atoms with Gasteiger partial charge in [0, 0.05) is 18.7 Å². The SMILES string of the molecule is Nc1ccc2nc(NC(=O)CCCOCCO)sc2c1. The molecule has 108 valence electrons. The summed E-state index contributed by atoms with van der Waals surface area (Å²) in [5, 5.41) is 11.9. The van der Waals surface area contributed by atoms with E-state index in [2.05, 4.69) is 10.3 Å². The van der Waals surface area contributed by atoms with Gasteiger partial charge in [-0.1, -0.05) is 11.3 Å². The van der Waals surface area contributed by atoms with Gasteiger partial charge in [0.05, 0.1) is 23.4 Å². The highest BCUT2D eigenvalue weighted by Crippen LogP contribution is 2.27. The molecule has 0 saturated carbocycles. The lowest BCUT2D eigenvalue weighted by molar-refractivity contribution is -0.116. The minimum atomic E-state index is -0.0929. The summed E-state index contributed by atoms with van der Waals surface area (Å²) in [5.74, 6) is -0.0929. The Morgan fingerprint density at radius 1 is 1.45 bits per heavy atom. The monoisotopic (exact) mass is 295 g/mol. The van der Waals surface area contributed by atoms with E-state index in [0.29, 0.717) is 36.9 Å². The Labute approximate surface area is 120 Å². The van der Waals surface area contributed by atoms with Gasteiger partial charge in [0.1, 0.15) is 0 Å². The smallest absolute Gasteiger partial charge is 0.226 e. The molecule has 7 heteroatoms. The quantitative estimate of drug-likeness (QED) is 0.532.